The highest BCUT2D eigenvalue weighted by Crippen LogP contribution is 1.93. The molecular weight excluding hydrogens is 102 g/mol. The summed E-state index contributed by atoms with van der Waals surface area (Å²) in [5.74, 6) is 0. The third-order valence-electron chi connectivity index (χ3n) is 0.844. The number of rotatable bonds is 3. The molecule has 0 aromatic carbocycles. The van der Waals surface area contributed by atoms with E-state index in [1.165, 1.54) is 0 Å². The summed E-state index contributed by atoms with van der Waals surface area (Å²) >= 11 is 0. The summed E-state index contributed by atoms with van der Waals surface area (Å²) in [6.45, 7) is 5.17. The van der Waals surface area contributed by atoms with Gasteiger partial charge in [-0.2, -0.15) is 0 Å². The molecule has 0 fully saturated rings. The number of aliphatic hydroxyl groups excluding tert-OH is 1. The van der Waals surface area contributed by atoms with Gasteiger partial charge in [-0.15, -0.1) is 0 Å². The molecule has 0 spiro atoms. The lowest BCUT2D eigenvalue weighted by molar-refractivity contribution is 0.202. The molecule has 0 aliphatic rings. The summed E-state index contributed by atoms with van der Waals surface area (Å²) in [5, 5.41) is 15.7. The molecule has 0 bridgehead atoms. The van der Waals surface area contributed by atoms with Crippen molar-refractivity contribution in [3.63, 3.8) is 0 Å². The molecule has 0 aromatic heterocycles. The summed E-state index contributed by atoms with van der Waals surface area (Å²) in [6.07, 6.45) is 0.582. The first-order valence-electron chi connectivity index (χ1n) is 2.70. The number of hydrogen-bond donors (Lipinski definition) is 2. The van der Waals surface area contributed by atoms with Crippen molar-refractivity contribution >= 4 is 5.71 Å². The summed E-state index contributed by atoms with van der Waals surface area (Å²) in [5.41, 5.74) is 0.514. The lowest BCUT2D eigenvalue weighted by atomic mass is 10.1. The van der Waals surface area contributed by atoms with Gasteiger partial charge in [-0.1, -0.05) is 0 Å². The van der Waals surface area contributed by atoms with Gasteiger partial charge < -0.3 is 10.5 Å². The van der Waals surface area contributed by atoms with Crippen LogP contribution in [0.1, 0.15) is 19.8 Å². The average Bonchev–Trinajstić information content (AvgIpc) is 1.65. The van der Waals surface area contributed by atoms with Crippen LogP contribution in [0.2, 0.25) is 0 Å². The maximum atomic E-state index is 8.69. The molecule has 0 aromatic rings. The average molecular weight is 114 g/mol. The lowest BCUT2D eigenvalue weighted by Gasteiger charge is -2.01. The van der Waals surface area contributed by atoms with Crippen LogP contribution in [0.15, 0.2) is 0 Å². The third kappa shape index (κ3) is 3.81. The van der Waals surface area contributed by atoms with Gasteiger partial charge in [0.2, 0.25) is 0 Å². The highest BCUT2D eigenvalue weighted by molar-refractivity contribution is 5.82. The molecule has 2 N–H and O–H groups in total. The van der Waals surface area contributed by atoms with Crippen LogP contribution in [-0.2, 0) is 0 Å². The topological polar surface area (TPSA) is 44.1 Å². The molecule has 0 aliphatic heterocycles. The second-order valence-electron chi connectivity index (χ2n) is 1.91. The fraction of sp³-hybridized carbons (Fsp3) is 0.667. The molecule has 1 atom stereocenters. The zero-order chi connectivity index (χ0) is 6.57. The summed E-state index contributed by atoms with van der Waals surface area (Å²) < 4.78 is 0. The number of nitrogens with one attached hydrogen (secondary N) is 1. The van der Waals surface area contributed by atoms with Crippen molar-refractivity contribution in [1.29, 1.82) is 5.41 Å². The molecule has 2 heteroatoms. The van der Waals surface area contributed by atoms with Gasteiger partial charge in [-0.3, -0.25) is 0 Å². The Hall–Kier alpha value is -0.370. The first-order valence-corrected chi connectivity index (χ1v) is 2.70. The SMILES string of the molecule is [CH2]CC(=N)CC(C)O. The van der Waals surface area contributed by atoms with E-state index in [1.54, 1.807) is 6.92 Å². The molecule has 8 heavy (non-hydrogen) atoms. The van der Waals surface area contributed by atoms with E-state index < -0.39 is 0 Å². The van der Waals surface area contributed by atoms with Crippen molar-refractivity contribution in [2.24, 2.45) is 0 Å². The molecule has 0 rings (SSSR count). The van der Waals surface area contributed by atoms with Crippen LogP contribution in [0.5, 0.6) is 0 Å². The maximum absolute atomic E-state index is 8.69. The highest BCUT2D eigenvalue weighted by atomic mass is 16.3. The van der Waals surface area contributed by atoms with Crippen LogP contribution >= 0.6 is 0 Å². The van der Waals surface area contributed by atoms with Crippen molar-refractivity contribution in [2.75, 3.05) is 0 Å². The minimum Gasteiger partial charge on any atom is -0.393 e. The first-order chi connectivity index (χ1) is 3.66. The van der Waals surface area contributed by atoms with E-state index in [0.29, 0.717) is 18.6 Å². The first kappa shape index (κ1) is 7.63. The Balaban J connectivity index is 3.25. The molecule has 0 saturated heterocycles. The predicted octanol–water partition coefficient (Wildman–Crippen LogP) is 1.00. The Morgan fingerprint density at radius 1 is 1.88 bits per heavy atom. The van der Waals surface area contributed by atoms with E-state index in [4.69, 9.17) is 10.5 Å². The molecule has 0 amide bonds. The molecule has 1 unspecified atom stereocenters. The summed E-state index contributed by atoms with van der Waals surface area (Å²) in [4.78, 5) is 0. The van der Waals surface area contributed by atoms with E-state index in [1.807, 2.05) is 0 Å². The summed E-state index contributed by atoms with van der Waals surface area (Å²) in [7, 11) is 0. The van der Waals surface area contributed by atoms with Crippen LogP contribution in [-0.4, -0.2) is 16.9 Å². The van der Waals surface area contributed by atoms with Crippen molar-refractivity contribution < 1.29 is 5.11 Å². The standard InChI is InChI=1S/C6H12NO/c1-3-6(7)4-5(2)8/h5,7-8H,1,3-4H2,2H3. The van der Waals surface area contributed by atoms with E-state index >= 15 is 0 Å². The highest BCUT2D eigenvalue weighted by Gasteiger charge is 1.97. The zero-order valence-corrected chi connectivity index (χ0v) is 5.15. The van der Waals surface area contributed by atoms with E-state index in [0.717, 1.165) is 0 Å². The number of aliphatic hydroxyl groups is 1. The Bertz CT molecular complexity index is 78.6. The minimum absolute atomic E-state index is 0.385. The van der Waals surface area contributed by atoms with Gasteiger partial charge in [0.15, 0.2) is 0 Å². The van der Waals surface area contributed by atoms with E-state index in [9.17, 15) is 0 Å². The summed E-state index contributed by atoms with van der Waals surface area (Å²) in [6, 6.07) is 0. The molecule has 0 aliphatic carbocycles. The van der Waals surface area contributed by atoms with Gasteiger partial charge in [-0.05, 0) is 20.3 Å². The van der Waals surface area contributed by atoms with Crippen molar-refractivity contribution in [3.8, 4) is 0 Å². The Labute approximate surface area is 50.0 Å². The second kappa shape index (κ2) is 3.61. The normalized spacial score (nSPS) is 13.4. The smallest absolute Gasteiger partial charge is 0.0564 e. The zero-order valence-electron chi connectivity index (χ0n) is 5.15. The van der Waals surface area contributed by atoms with Gasteiger partial charge in [0.25, 0.3) is 0 Å². The van der Waals surface area contributed by atoms with E-state index in [2.05, 4.69) is 6.92 Å². The molecule has 0 heterocycles. The largest absolute Gasteiger partial charge is 0.393 e. The van der Waals surface area contributed by atoms with Crippen LogP contribution < -0.4 is 0 Å². The van der Waals surface area contributed by atoms with Crippen molar-refractivity contribution in [2.45, 2.75) is 25.9 Å². The van der Waals surface area contributed by atoms with Gasteiger partial charge in [0.1, 0.15) is 0 Å². The number of hydrogen-bond acceptors (Lipinski definition) is 2. The van der Waals surface area contributed by atoms with Crippen molar-refractivity contribution in [1.82, 2.24) is 0 Å². The molecule has 0 saturated carbocycles. The second-order valence-corrected chi connectivity index (χ2v) is 1.91. The monoisotopic (exact) mass is 114 g/mol. The Morgan fingerprint density at radius 3 is 2.50 bits per heavy atom. The minimum atomic E-state index is -0.385. The predicted molar refractivity (Wildman–Crippen MR) is 34.0 cm³/mol. The van der Waals surface area contributed by atoms with Crippen LogP contribution in [0.4, 0.5) is 0 Å². The fourth-order valence-electron chi connectivity index (χ4n) is 0.459. The molecule has 47 valence electrons. The molecule has 1 radical (unpaired) electrons. The molecule has 2 nitrogen and oxygen atoms in total. The van der Waals surface area contributed by atoms with Crippen LogP contribution in [0.3, 0.4) is 0 Å². The van der Waals surface area contributed by atoms with E-state index in [-0.39, 0.29) is 6.10 Å². The lowest BCUT2D eigenvalue weighted by Crippen LogP contribution is -2.06. The van der Waals surface area contributed by atoms with Crippen LogP contribution in [0.25, 0.3) is 0 Å². The van der Waals surface area contributed by atoms with Gasteiger partial charge in [0, 0.05) is 12.1 Å². The van der Waals surface area contributed by atoms with Gasteiger partial charge in [0.05, 0.1) is 6.10 Å². The Kier molecular flexibility index (Phi) is 3.44. The molecular formula is C6H12NO. The van der Waals surface area contributed by atoms with Crippen LogP contribution in [0, 0.1) is 12.3 Å². The maximum Gasteiger partial charge on any atom is 0.0564 e. The van der Waals surface area contributed by atoms with Gasteiger partial charge >= 0.3 is 0 Å². The Morgan fingerprint density at radius 2 is 2.38 bits per heavy atom. The van der Waals surface area contributed by atoms with Gasteiger partial charge in [-0.25, -0.2) is 0 Å². The van der Waals surface area contributed by atoms with Crippen molar-refractivity contribution in [3.05, 3.63) is 6.92 Å². The third-order valence-corrected chi connectivity index (χ3v) is 0.844. The quantitative estimate of drug-likeness (QED) is 0.528. The fourth-order valence-corrected chi connectivity index (χ4v) is 0.459.